The fourth-order valence-corrected chi connectivity index (χ4v) is 3.40. The second kappa shape index (κ2) is 11.5. The van der Waals surface area contributed by atoms with Crippen molar-refractivity contribution in [1.29, 1.82) is 5.26 Å². The van der Waals surface area contributed by atoms with E-state index in [0.717, 1.165) is 16.7 Å². The van der Waals surface area contributed by atoms with Crippen LogP contribution in [0.5, 0.6) is 0 Å². The summed E-state index contributed by atoms with van der Waals surface area (Å²) in [6.45, 7) is 5.61. The molecular formula is C25H26F2N5P. The molecule has 3 aromatic rings. The summed E-state index contributed by atoms with van der Waals surface area (Å²) in [5.74, 6) is -0.440. The average molecular weight is 465 g/mol. The minimum absolute atomic E-state index is 0.175. The fraction of sp³-hybridized carbons (Fsp3) is 0.200. The number of anilines is 3. The Morgan fingerprint density at radius 2 is 1.97 bits per heavy atom. The van der Waals surface area contributed by atoms with Gasteiger partial charge < -0.3 is 10.3 Å². The van der Waals surface area contributed by atoms with E-state index in [1.165, 1.54) is 12.1 Å². The van der Waals surface area contributed by atoms with Crippen molar-refractivity contribution in [1.82, 2.24) is 10.4 Å². The van der Waals surface area contributed by atoms with Gasteiger partial charge in [-0.3, -0.25) is 4.98 Å². The maximum absolute atomic E-state index is 14.0. The van der Waals surface area contributed by atoms with Crippen LogP contribution in [-0.4, -0.2) is 17.7 Å². The summed E-state index contributed by atoms with van der Waals surface area (Å²) in [5.41, 5.74) is 9.49. The molecule has 3 rings (SSSR count). The molecule has 0 spiro atoms. The van der Waals surface area contributed by atoms with Gasteiger partial charge in [0.05, 0.1) is 47.5 Å². The van der Waals surface area contributed by atoms with Gasteiger partial charge >= 0.3 is 0 Å². The van der Waals surface area contributed by atoms with Crippen LogP contribution in [0.1, 0.15) is 24.6 Å². The first-order valence-corrected chi connectivity index (χ1v) is 11.1. The minimum atomic E-state index is -0.465. The number of benzene rings is 2. The Morgan fingerprint density at radius 1 is 1.21 bits per heavy atom. The van der Waals surface area contributed by atoms with Gasteiger partial charge in [0.15, 0.2) is 0 Å². The number of nitrogens with zero attached hydrogens (tertiary/aromatic N) is 3. The summed E-state index contributed by atoms with van der Waals surface area (Å²) in [7, 11) is 2.64. The number of rotatable bonds is 10. The highest BCUT2D eigenvalue weighted by Crippen LogP contribution is 2.34. The van der Waals surface area contributed by atoms with Crippen molar-refractivity contribution in [3.63, 3.8) is 0 Å². The predicted molar refractivity (Wildman–Crippen MR) is 134 cm³/mol. The van der Waals surface area contributed by atoms with E-state index >= 15 is 0 Å². The van der Waals surface area contributed by atoms with Gasteiger partial charge in [-0.2, -0.15) is 5.26 Å². The third kappa shape index (κ3) is 6.35. The lowest BCUT2D eigenvalue weighted by Gasteiger charge is -2.27. The molecule has 0 aliphatic heterocycles. The zero-order valence-corrected chi connectivity index (χ0v) is 19.5. The van der Waals surface area contributed by atoms with E-state index in [1.54, 1.807) is 12.3 Å². The van der Waals surface area contributed by atoms with E-state index in [0.29, 0.717) is 29.9 Å². The molecule has 0 saturated carbocycles. The summed E-state index contributed by atoms with van der Waals surface area (Å²) < 4.78 is 26.9. The van der Waals surface area contributed by atoms with Crippen molar-refractivity contribution in [2.75, 3.05) is 17.0 Å². The smallest absolute Gasteiger partial charge is 0.124 e. The molecular weight excluding hydrogens is 439 g/mol. The van der Waals surface area contributed by atoms with Gasteiger partial charge in [-0.15, -0.1) is 9.24 Å². The molecule has 5 nitrogen and oxygen atoms in total. The summed E-state index contributed by atoms with van der Waals surface area (Å²) in [5, 5.41) is 10.4. The van der Waals surface area contributed by atoms with Crippen molar-refractivity contribution in [2.24, 2.45) is 0 Å². The molecule has 2 N–H and O–H groups in total. The Balaban J connectivity index is 1.92. The van der Waals surface area contributed by atoms with E-state index in [2.05, 4.69) is 31.7 Å². The molecule has 1 aromatic heterocycles. The number of allylic oxidation sites excluding steroid dienone is 1. The Bertz CT molecular complexity index is 1120. The maximum atomic E-state index is 14.0. The van der Waals surface area contributed by atoms with Gasteiger partial charge in [0.25, 0.3) is 0 Å². The number of alkyl halides is 1. The Morgan fingerprint density at radius 3 is 2.58 bits per heavy atom. The highest BCUT2D eigenvalue weighted by atomic mass is 31.0. The van der Waals surface area contributed by atoms with Crippen LogP contribution in [0.15, 0.2) is 67.4 Å². The molecule has 0 saturated heterocycles. The van der Waals surface area contributed by atoms with Gasteiger partial charge in [-0.05, 0) is 54.2 Å². The number of hydrogen-bond donors (Lipinski definition) is 2. The third-order valence-electron chi connectivity index (χ3n) is 5.16. The van der Waals surface area contributed by atoms with E-state index in [9.17, 15) is 14.0 Å². The molecule has 2 atom stereocenters. The SMILES string of the molecule is C=C(C#N)c1cc(F)ccc1N(Cc1ccc(NNC(CC)CF)cn1)c1ccc(P)cc1. The number of hydrazine groups is 1. The van der Waals surface area contributed by atoms with Crippen LogP contribution in [0.2, 0.25) is 0 Å². The standard InChI is InChI=1S/C25H26F2N5P/c1-3-19(13-26)30-31-20-5-6-21(29-15-20)16-32(22-7-9-23(33)10-8-22)25-11-4-18(27)12-24(25)17(2)14-28/h4-12,15,19,30-31H,2-3,13,16,33H2,1H3. The number of halogens is 2. The fourth-order valence-electron chi connectivity index (χ4n) is 3.20. The molecule has 0 bridgehead atoms. The normalized spacial score (nSPS) is 11.5. The summed E-state index contributed by atoms with van der Waals surface area (Å²) >= 11 is 0. The Hall–Kier alpha value is -3.33. The van der Waals surface area contributed by atoms with E-state index in [-0.39, 0.29) is 11.6 Å². The molecule has 8 heteroatoms. The second-order valence-corrected chi connectivity index (χ2v) is 8.16. The second-order valence-electron chi connectivity index (χ2n) is 7.50. The molecule has 0 fully saturated rings. The van der Waals surface area contributed by atoms with E-state index in [1.807, 2.05) is 54.3 Å². The quantitative estimate of drug-likeness (QED) is 0.243. The first kappa shape index (κ1) is 24.3. The number of pyridine rings is 1. The lowest BCUT2D eigenvalue weighted by Crippen LogP contribution is -2.35. The number of nitriles is 1. The predicted octanol–water partition coefficient (Wildman–Crippen LogP) is 5.26. The van der Waals surface area contributed by atoms with Crippen molar-refractivity contribution in [3.05, 3.63) is 84.4 Å². The van der Waals surface area contributed by atoms with E-state index in [4.69, 9.17) is 0 Å². The first-order valence-electron chi connectivity index (χ1n) is 10.5. The van der Waals surface area contributed by atoms with Crippen LogP contribution < -0.4 is 21.1 Å². The van der Waals surface area contributed by atoms with Crippen molar-refractivity contribution >= 4 is 37.2 Å². The zero-order chi connectivity index (χ0) is 23.8. The van der Waals surface area contributed by atoms with Crippen LogP contribution in [-0.2, 0) is 6.54 Å². The third-order valence-corrected chi connectivity index (χ3v) is 5.54. The van der Waals surface area contributed by atoms with Gasteiger partial charge in [0.1, 0.15) is 12.5 Å². The summed E-state index contributed by atoms with van der Waals surface area (Å²) in [4.78, 5) is 6.49. The van der Waals surface area contributed by atoms with Crippen LogP contribution in [0, 0.1) is 17.1 Å². The number of nitrogens with one attached hydrogen (secondary N) is 2. The van der Waals surface area contributed by atoms with E-state index < -0.39 is 12.5 Å². The highest BCUT2D eigenvalue weighted by molar-refractivity contribution is 7.27. The minimum Gasteiger partial charge on any atom is -0.335 e. The lowest BCUT2D eigenvalue weighted by molar-refractivity contribution is 0.383. The molecule has 2 aromatic carbocycles. The molecule has 2 unspecified atom stereocenters. The van der Waals surface area contributed by atoms with Gasteiger partial charge in [0, 0.05) is 11.3 Å². The van der Waals surface area contributed by atoms with Gasteiger partial charge in [-0.1, -0.05) is 25.6 Å². The largest absolute Gasteiger partial charge is 0.335 e. The maximum Gasteiger partial charge on any atom is 0.124 e. The Labute approximate surface area is 195 Å². The van der Waals surface area contributed by atoms with Crippen LogP contribution in [0.25, 0.3) is 5.57 Å². The van der Waals surface area contributed by atoms with Crippen molar-refractivity contribution in [3.8, 4) is 6.07 Å². The first-order chi connectivity index (χ1) is 15.9. The van der Waals surface area contributed by atoms with Gasteiger partial charge in [-0.25, -0.2) is 14.2 Å². The Kier molecular flexibility index (Phi) is 8.48. The molecule has 0 amide bonds. The molecule has 1 heterocycles. The van der Waals surface area contributed by atoms with Crippen molar-refractivity contribution in [2.45, 2.75) is 25.9 Å². The highest BCUT2D eigenvalue weighted by Gasteiger charge is 2.17. The molecule has 0 aliphatic carbocycles. The molecule has 33 heavy (non-hydrogen) atoms. The van der Waals surface area contributed by atoms with Crippen molar-refractivity contribution < 1.29 is 8.78 Å². The van der Waals surface area contributed by atoms with Crippen LogP contribution in [0.3, 0.4) is 0 Å². The number of aromatic nitrogens is 1. The average Bonchev–Trinajstić information content (AvgIpc) is 2.84. The number of hydrogen-bond acceptors (Lipinski definition) is 5. The summed E-state index contributed by atoms with van der Waals surface area (Å²) in [6, 6.07) is 17.6. The van der Waals surface area contributed by atoms with Crippen LogP contribution >= 0.6 is 9.24 Å². The molecule has 0 aliphatic rings. The van der Waals surface area contributed by atoms with Crippen LogP contribution in [0.4, 0.5) is 25.8 Å². The zero-order valence-electron chi connectivity index (χ0n) is 18.4. The topological polar surface area (TPSA) is 64.0 Å². The lowest BCUT2D eigenvalue weighted by atomic mass is 10.0. The summed E-state index contributed by atoms with van der Waals surface area (Å²) in [6.07, 6.45) is 2.32. The molecule has 170 valence electrons. The monoisotopic (exact) mass is 465 g/mol. The molecule has 0 radical (unpaired) electrons. The van der Waals surface area contributed by atoms with Gasteiger partial charge in [0.2, 0.25) is 0 Å².